The van der Waals surface area contributed by atoms with Crippen LogP contribution in [-0.4, -0.2) is 30.4 Å². The van der Waals surface area contributed by atoms with Crippen LogP contribution in [0.3, 0.4) is 0 Å². The standard InChI is InChI=1S/C28H40O5/c1-8-10-20(21(9-2)25(30)11-17(5)29)12-19-13-24-22(16(3)4)15-23(28(32)33-7)18(6)27(24)26(31)14-19/h15-16,19-21H,8-14H2,1-7H3. The highest BCUT2D eigenvalue weighted by Crippen LogP contribution is 2.40. The molecule has 3 atom stereocenters. The van der Waals surface area contributed by atoms with Gasteiger partial charge in [0, 0.05) is 17.9 Å². The molecular formula is C28H40O5. The minimum atomic E-state index is -0.412. The van der Waals surface area contributed by atoms with Crippen molar-refractivity contribution in [3.05, 3.63) is 33.9 Å². The number of carbonyl (C=O) groups excluding carboxylic acids is 4. The molecule has 0 aliphatic heterocycles. The molecule has 0 N–H and O–H groups in total. The van der Waals surface area contributed by atoms with Crippen molar-refractivity contribution in [3.63, 3.8) is 0 Å². The maximum Gasteiger partial charge on any atom is 0.338 e. The predicted octanol–water partition coefficient (Wildman–Crippen LogP) is 6.03. The van der Waals surface area contributed by atoms with Crippen LogP contribution in [0.2, 0.25) is 0 Å². The van der Waals surface area contributed by atoms with E-state index in [-0.39, 0.29) is 47.4 Å². The first-order chi connectivity index (χ1) is 15.5. The third kappa shape index (κ3) is 6.18. The van der Waals surface area contributed by atoms with Crippen molar-refractivity contribution in [2.24, 2.45) is 17.8 Å². The molecule has 0 aromatic heterocycles. The van der Waals surface area contributed by atoms with Gasteiger partial charge in [0.15, 0.2) is 5.78 Å². The van der Waals surface area contributed by atoms with E-state index in [1.807, 2.05) is 19.9 Å². The summed E-state index contributed by atoms with van der Waals surface area (Å²) in [6.45, 7) is 11.6. The highest BCUT2D eigenvalue weighted by atomic mass is 16.5. The number of Topliss-reactive ketones (excluding diaryl/α,β-unsaturated/α-hetero) is 3. The van der Waals surface area contributed by atoms with Crippen molar-refractivity contribution >= 4 is 23.3 Å². The maximum absolute atomic E-state index is 13.3. The van der Waals surface area contributed by atoms with Gasteiger partial charge in [-0.2, -0.15) is 0 Å². The Morgan fingerprint density at radius 3 is 2.33 bits per heavy atom. The molecule has 5 nitrogen and oxygen atoms in total. The summed E-state index contributed by atoms with van der Waals surface area (Å²) in [7, 11) is 1.36. The van der Waals surface area contributed by atoms with Gasteiger partial charge in [-0.15, -0.1) is 0 Å². The van der Waals surface area contributed by atoms with Crippen LogP contribution in [0.1, 0.15) is 116 Å². The van der Waals surface area contributed by atoms with Gasteiger partial charge < -0.3 is 4.74 Å². The number of carbonyl (C=O) groups is 4. The Bertz CT molecular complexity index is 911. The normalized spacial score (nSPS) is 17.5. The minimum absolute atomic E-state index is 0.00184. The topological polar surface area (TPSA) is 77.5 Å². The fourth-order valence-corrected chi connectivity index (χ4v) is 5.67. The Morgan fingerprint density at radius 1 is 1.15 bits per heavy atom. The van der Waals surface area contributed by atoms with Crippen molar-refractivity contribution in [1.29, 1.82) is 0 Å². The molecule has 3 unspecified atom stereocenters. The smallest absolute Gasteiger partial charge is 0.338 e. The Kier molecular flexibility index (Phi) is 9.57. The molecule has 1 aliphatic rings. The molecule has 0 radical (unpaired) electrons. The van der Waals surface area contributed by atoms with E-state index in [4.69, 9.17) is 4.74 Å². The second kappa shape index (κ2) is 11.7. The number of hydrogen-bond acceptors (Lipinski definition) is 5. The van der Waals surface area contributed by atoms with Crippen molar-refractivity contribution in [2.75, 3.05) is 7.11 Å². The number of ether oxygens (including phenoxy) is 1. The SMILES string of the molecule is CCCC(CC1CC(=O)c2c(C)c(C(=O)OC)cc(C(C)C)c2C1)C(CC)C(=O)CC(C)=O. The van der Waals surface area contributed by atoms with Gasteiger partial charge in [0.05, 0.1) is 19.1 Å². The lowest BCUT2D eigenvalue weighted by molar-refractivity contribution is -0.129. The zero-order valence-electron chi connectivity index (χ0n) is 21.4. The molecule has 2 rings (SSSR count). The molecule has 1 aromatic rings. The molecule has 182 valence electrons. The van der Waals surface area contributed by atoms with E-state index in [1.54, 1.807) is 0 Å². The molecule has 0 fully saturated rings. The molecule has 0 saturated carbocycles. The molecule has 0 amide bonds. The summed E-state index contributed by atoms with van der Waals surface area (Å²) < 4.78 is 4.96. The molecule has 5 heteroatoms. The van der Waals surface area contributed by atoms with Crippen LogP contribution in [0.15, 0.2) is 6.07 Å². The van der Waals surface area contributed by atoms with Crippen LogP contribution in [0.25, 0.3) is 0 Å². The molecule has 0 saturated heterocycles. The molecule has 1 aromatic carbocycles. The summed E-state index contributed by atoms with van der Waals surface area (Å²) in [5, 5.41) is 0. The van der Waals surface area contributed by atoms with Crippen molar-refractivity contribution in [3.8, 4) is 0 Å². The van der Waals surface area contributed by atoms with Gasteiger partial charge in [-0.3, -0.25) is 14.4 Å². The summed E-state index contributed by atoms with van der Waals surface area (Å²) in [4.78, 5) is 50.0. The van der Waals surface area contributed by atoms with Gasteiger partial charge >= 0.3 is 5.97 Å². The van der Waals surface area contributed by atoms with Crippen LogP contribution in [-0.2, 0) is 20.7 Å². The third-order valence-electron chi connectivity index (χ3n) is 7.14. The molecule has 0 bridgehead atoms. The zero-order chi connectivity index (χ0) is 24.9. The maximum atomic E-state index is 13.3. The number of fused-ring (bicyclic) bond motifs is 1. The summed E-state index contributed by atoms with van der Waals surface area (Å²) in [6, 6.07) is 1.90. The number of rotatable bonds is 11. The van der Waals surface area contributed by atoms with E-state index in [0.717, 1.165) is 36.8 Å². The highest BCUT2D eigenvalue weighted by Gasteiger charge is 2.35. The zero-order valence-corrected chi connectivity index (χ0v) is 21.4. The van der Waals surface area contributed by atoms with E-state index in [2.05, 4.69) is 20.8 Å². The number of esters is 1. The van der Waals surface area contributed by atoms with Crippen molar-refractivity contribution in [1.82, 2.24) is 0 Å². The fourth-order valence-electron chi connectivity index (χ4n) is 5.67. The third-order valence-corrected chi connectivity index (χ3v) is 7.14. The van der Waals surface area contributed by atoms with Gasteiger partial charge in [0.2, 0.25) is 0 Å². The lowest BCUT2D eigenvalue weighted by Gasteiger charge is -2.33. The Labute approximate surface area is 198 Å². The Balaban J connectivity index is 2.41. The highest BCUT2D eigenvalue weighted by molar-refractivity contribution is 6.04. The van der Waals surface area contributed by atoms with Gasteiger partial charge in [0.25, 0.3) is 0 Å². The van der Waals surface area contributed by atoms with Gasteiger partial charge in [-0.25, -0.2) is 4.79 Å². The quantitative estimate of drug-likeness (QED) is 0.300. The summed E-state index contributed by atoms with van der Waals surface area (Å²) >= 11 is 0. The largest absolute Gasteiger partial charge is 0.465 e. The molecule has 0 heterocycles. The fraction of sp³-hybridized carbons (Fsp3) is 0.643. The van der Waals surface area contributed by atoms with E-state index in [0.29, 0.717) is 29.5 Å². The van der Waals surface area contributed by atoms with E-state index in [9.17, 15) is 19.2 Å². The van der Waals surface area contributed by atoms with Crippen LogP contribution >= 0.6 is 0 Å². The van der Waals surface area contributed by atoms with Gasteiger partial charge in [0.1, 0.15) is 11.6 Å². The monoisotopic (exact) mass is 456 g/mol. The predicted molar refractivity (Wildman–Crippen MR) is 130 cm³/mol. The average Bonchev–Trinajstić information content (AvgIpc) is 2.73. The van der Waals surface area contributed by atoms with Gasteiger partial charge in [-0.05, 0) is 73.6 Å². The first kappa shape index (κ1) is 26.9. The molecule has 0 spiro atoms. The summed E-state index contributed by atoms with van der Waals surface area (Å²) in [6.07, 6.45) is 4.59. The first-order valence-corrected chi connectivity index (χ1v) is 12.3. The van der Waals surface area contributed by atoms with Crippen molar-refractivity contribution < 1.29 is 23.9 Å². The Hall–Kier alpha value is -2.30. The number of hydrogen-bond donors (Lipinski definition) is 0. The molecule has 33 heavy (non-hydrogen) atoms. The number of benzene rings is 1. The lowest BCUT2D eigenvalue weighted by Crippen LogP contribution is -2.30. The first-order valence-electron chi connectivity index (χ1n) is 12.3. The minimum Gasteiger partial charge on any atom is -0.465 e. The number of ketones is 3. The van der Waals surface area contributed by atoms with Crippen molar-refractivity contribution in [2.45, 2.75) is 92.4 Å². The van der Waals surface area contributed by atoms with Crippen LogP contribution in [0, 0.1) is 24.7 Å². The summed E-state index contributed by atoms with van der Waals surface area (Å²) in [5.41, 5.74) is 3.94. The molecule has 1 aliphatic carbocycles. The summed E-state index contributed by atoms with van der Waals surface area (Å²) in [5.74, 6) is -0.0404. The number of methoxy groups -OCH3 is 1. The van der Waals surface area contributed by atoms with Gasteiger partial charge in [-0.1, -0.05) is 40.5 Å². The average molecular weight is 457 g/mol. The van der Waals surface area contributed by atoms with E-state index in [1.165, 1.54) is 14.0 Å². The lowest BCUT2D eigenvalue weighted by atomic mass is 9.70. The Morgan fingerprint density at radius 2 is 1.82 bits per heavy atom. The molecular weight excluding hydrogens is 416 g/mol. The van der Waals surface area contributed by atoms with E-state index >= 15 is 0 Å². The second-order valence-electron chi connectivity index (χ2n) is 9.98. The van der Waals surface area contributed by atoms with Crippen LogP contribution < -0.4 is 0 Å². The van der Waals surface area contributed by atoms with Crippen LogP contribution in [0.5, 0.6) is 0 Å². The second-order valence-corrected chi connectivity index (χ2v) is 9.98. The van der Waals surface area contributed by atoms with E-state index < -0.39 is 5.97 Å². The van der Waals surface area contributed by atoms with Crippen LogP contribution in [0.4, 0.5) is 0 Å².